The van der Waals surface area contributed by atoms with Crippen molar-refractivity contribution in [2.45, 2.75) is 20.3 Å². The van der Waals surface area contributed by atoms with E-state index in [0.29, 0.717) is 22.1 Å². The third-order valence-corrected chi connectivity index (χ3v) is 4.57. The van der Waals surface area contributed by atoms with Crippen LogP contribution in [0.15, 0.2) is 0 Å². The molecular weight excluding hydrogens is 336 g/mol. The zero-order valence-corrected chi connectivity index (χ0v) is 15.3. The van der Waals surface area contributed by atoms with Gasteiger partial charge >= 0.3 is 5.97 Å². The van der Waals surface area contributed by atoms with E-state index in [4.69, 9.17) is 16.3 Å². The highest BCUT2D eigenvalue weighted by atomic mass is 35.5. The number of halogens is 1. The molecule has 0 aromatic carbocycles. The van der Waals surface area contributed by atoms with Gasteiger partial charge < -0.3 is 15.0 Å². The molecular formula is C15H21ClN4O2S. The normalized spacial score (nSPS) is 11.2. The fourth-order valence-corrected chi connectivity index (χ4v) is 3.39. The van der Waals surface area contributed by atoms with Crippen LogP contribution >= 0.6 is 22.9 Å². The molecule has 1 N–H and O–H groups in total. The van der Waals surface area contributed by atoms with Crippen LogP contribution in [0.4, 0.5) is 5.82 Å². The van der Waals surface area contributed by atoms with Gasteiger partial charge in [-0.2, -0.15) is 0 Å². The first-order valence-corrected chi connectivity index (χ1v) is 8.65. The molecule has 0 aliphatic rings. The summed E-state index contributed by atoms with van der Waals surface area (Å²) < 4.78 is 5.23. The van der Waals surface area contributed by atoms with Crippen molar-refractivity contribution in [3.63, 3.8) is 0 Å². The number of hydrogen-bond acceptors (Lipinski definition) is 7. The Morgan fingerprint density at radius 1 is 1.39 bits per heavy atom. The van der Waals surface area contributed by atoms with E-state index in [1.807, 2.05) is 27.9 Å². The summed E-state index contributed by atoms with van der Waals surface area (Å²) >= 11 is 7.30. The lowest BCUT2D eigenvalue weighted by Gasteiger charge is -2.11. The maximum atomic E-state index is 12.2. The van der Waals surface area contributed by atoms with Gasteiger partial charge in [-0.15, -0.1) is 11.3 Å². The second kappa shape index (κ2) is 7.90. The Balaban J connectivity index is 2.36. The van der Waals surface area contributed by atoms with Crippen LogP contribution < -0.4 is 5.32 Å². The average Bonchev–Trinajstić information content (AvgIpc) is 2.81. The highest BCUT2D eigenvalue weighted by molar-refractivity contribution is 7.20. The Morgan fingerprint density at radius 3 is 2.78 bits per heavy atom. The monoisotopic (exact) mass is 356 g/mol. The highest BCUT2D eigenvalue weighted by Gasteiger charge is 2.21. The number of likely N-dealkylation sites (N-methyl/N-ethyl adjacent to an activating group) is 1. The molecule has 0 aliphatic carbocycles. The number of aromatic nitrogens is 2. The predicted octanol–water partition coefficient (Wildman–Crippen LogP) is 3.19. The zero-order chi connectivity index (χ0) is 17.0. The number of ether oxygens (including phenoxy) is 1. The molecule has 0 unspecified atom stereocenters. The molecule has 6 nitrogen and oxygen atoms in total. The quantitative estimate of drug-likeness (QED) is 0.607. The van der Waals surface area contributed by atoms with E-state index in [0.717, 1.165) is 30.5 Å². The van der Waals surface area contributed by atoms with Crippen molar-refractivity contribution in [3.8, 4) is 0 Å². The summed E-state index contributed by atoms with van der Waals surface area (Å²) in [5, 5.41) is 4.27. The number of thiophene rings is 1. The number of rotatable bonds is 7. The van der Waals surface area contributed by atoms with E-state index in [-0.39, 0.29) is 11.3 Å². The van der Waals surface area contributed by atoms with E-state index in [1.165, 1.54) is 11.3 Å². The van der Waals surface area contributed by atoms with Crippen LogP contribution in [0.2, 0.25) is 5.28 Å². The molecule has 126 valence electrons. The molecule has 0 atom stereocenters. The molecule has 0 aliphatic heterocycles. The lowest BCUT2D eigenvalue weighted by Crippen LogP contribution is -2.21. The van der Waals surface area contributed by atoms with Gasteiger partial charge in [0.2, 0.25) is 5.28 Å². The molecule has 0 saturated carbocycles. The van der Waals surface area contributed by atoms with Gasteiger partial charge in [0.25, 0.3) is 0 Å². The van der Waals surface area contributed by atoms with Crippen molar-refractivity contribution in [2.75, 3.05) is 39.1 Å². The van der Waals surface area contributed by atoms with E-state index in [2.05, 4.69) is 20.2 Å². The highest BCUT2D eigenvalue weighted by Crippen LogP contribution is 2.35. The maximum Gasteiger partial charge on any atom is 0.348 e. The molecule has 2 rings (SSSR count). The number of anilines is 1. The Kier molecular flexibility index (Phi) is 6.15. The molecule has 0 saturated heterocycles. The Bertz CT molecular complexity index is 702. The van der Waals surface area contributed by atoms with Crippen LogP contribution in [0, 0.1) is 6.92 Å². The number of fused-ring (bicyclic) bond motifs is 1. The largest absolute Gasteiger partial charge is 0.462 e. The Hall–Kier alpha value is -1.44. The summed E-state index contributed by atoms with van der Waals surface area (Å²) in [5.74, 6) is 0.341. The summed E-state index contributed by atoms with van der Waals surface area (Å²) in [7, 11) is 4.00. The smallest absolute Gasteiger partial charge is 0.348 e. The minimum atomic E-state index is -0.317. The lowest BCUT2D eigenvalue weighted by molar-refractivity contribution is 0.0510. The van der Waals surface area contributed by atoms with Gasteiger partial charge in [0.05, 0.1) is 12.0 Å². The number of esters is 1. The van der Waals surface area contributed by atoms with Crippen molar-refractivity contribution < 1.29 is 9.53 Å². The molecule has 8 heteroatoms. The van der Waals surface area contributed by atoms with Crippen LogP contribution in [0.25, 0.3) is 10.2 Å². The topological polar surface area (TPSA) is 67.3 Å². The van der Waals surface area contributed by atoms with Crippen LogP contribution in [0.5, 0.6) is 0 Å². The van der Waals surface area contributed by atoms with Crippen LogP contribution in [-0.4, -0.2) is 54.6 Å². The molecule has 0 fully saturated rings. The van der Waals surface area contributed by atoms with Gasteiger partial charge in [-0.1, -0.05) is 6.92 Å². The number of aryl methyl sites for hydroxylation is 1. The summed E-state index contributed by atoms with van der Waals surface area (Å²) in [6, 6.07) is 0. The number of nitrogens with one attached hydrogen (secondary N) is 1. The third-order valence-electron chi connectivity index (χ3n) is 3.24. The first-order valence-electron chi connectivity index (χ1n) is 7.46. The Labute approximate surface area is 144 Å². The zero-order valence-electron chi connectivity index (χ0n) is 13.8. The standard InChI is InChI=1S/C15H21ClN4O2S/c1-5-8-22-14(21)11-9(2)10-12(17-6-7-20(3)4)18-15(16)19-13(10)23-11/h5-8H2,1-4H3,(H,17,18,19). The fraction of sp³-hybridized carbons (Fsp3) is 0.533. The van der Waals surface area contributed by atoms with Gasteiger partial charge in [0.1, 0.15) is 15.5 Å². The first kappa shape index (κ1) is 17.9. The number of carbonyl (C=O) groups excluding carboxylic acids is 1. The summed E-state index contributed by atoms with van der Waals surface area (Å²) in [6.07, 6.45) is 0.790. The second-order valence-corrected chi connectivity index (χ2v) is 6.78. The summed E-state index contributed by atoms with van der Waals surface area (Å²) in [4.78, 5) is 24.0. The van der Waals surface area contributed by atoms with Crippen molar-refractivity contribution in [1.82, 2.24) is 14.9 Å². The van der Waals surface area contributed by atoms with Crippen molar-refractivity contribution in [3.05, 3.63) is 15.7 Å². The summed E-state index contributed by atoms with van der Waals surface area (Å²) in [5.41, 5.74) is 0.829. The molecule has 0 spiro atoms. The molecule has 2 aromatic rings. The lowest BCUT2D eigenvalue weighted by atomic mass is 10.2. The maximum absolute atomic E-state index is 12.2. The third kappa shape index (κ3) is 4.31. The van der Waals surface area contributed by atoms with Gasteiger partial charge in [0.15, 0.2) is 0 Å². The predicted molar refractivity (Wildman–Crippen MR) is 94.8 cm³/mol. The van der Waals surface area contributed by atoms with E-state index in [1.54, 1.807) is 0 Å². The number of carbonyl (C=O) groups is 1. The molecule has 2 heterocycles. The van der Waals surface area contributed by atoms with Crippen LogP contribution in [0.1, 0.15) is 28.6 Å². The van der Waals surface area contributed by atoms with Crippen molar-refractivity contribution >= 4 is 44.9 Å². The number of hydrogen-bond donors (Lipinski definition) is 1. The summed E-state index contributed by atoms with van der Waals surface area (Å²) in [6.45, 7) is 5.84. The van der Waals surface area contributed by atoms with E-state index in [9.17, 15) is 4.79 Å². The minimum Gasteiger partial charge on any atom is -0.462 e. The molecule has 0 bridgehead atoms. The van der Waals surface area contributed by atoms with E-state index < -0.39 is 0 Å². The molecule has 0 radical (unpaired) electrons. The van der Waals surface area contributed by atoms with Crippen LogP contribution in [-0.2, 0) is 4.74 Å². The Morgan fingerprint density at radius 2 is 2.13 bits per heavy atom. The molecule has 0 amide bonds. The SMILES string of the molecule is CCCOC(=O)c1sc2nc(Cl)nc(NCCN(C)C)c2c1C. The first-order chi connectivity index (χ1) is 10.9. The molecule has 23 heavy (non-hydrogen) atoms. The fourth-order valence-electron chi connectivity index (χ4n) is 2.09. The van der Waals surface area contributed by atoms with Crippen LogP contribution in [0.3, 0.4) is 0 Å². The average molecular weight is 357 g/mol. The van der Waals surface area contributed by atoms with Crippen molar-refractivity contribution in [1.29, 1.82) is 0 Å². The minimum absolute atomic E-state index is 0.166. The van der Waals surface area contributed by atoms with Gasteiger partial charge in [-0.25, -0.2) is 14.8 Å². The van der Waals surface area contributed by atoms with Gasteiger partial charge in [0, 0.05) is 13.1 Å². The van der Waals surface area contributed by atoms with Gasteiger partial charge in [-0.3, -0.25) is 0 Å². The molecule has 2 aromatic heterocycles. The van der Waals surface area contributed by atoms with Crippen molar-refractivity contribution in [2.24, 2.45) is 0 Å². The second-order valence-electron chi connectivity index (χ2n) is 5.44. The van der Waals surface area contributed by atoms with Gasteiger partial charge in [-0.05, 0) is 44.6 Å². The van der Waals surface area contributed by atoms with E-state index >= 15 is 0 Å². The number of nitrogens with zero attached hydrogens (tertiary/aromatic N) is 3.